The zero-order valence-electron chi connectivity index (χ0n) is 19.7. The lowest BCUT2D eigenvalue weighted by atomic mass is 10.1. The third-order valence-corrected chi connectivity index (χ3v) is 6.80. The summed E-state index contributed by atoms with van der Waals surface area (Å²) in [6, 6.07) is 13.0. The van der Waals surface area contributed by atoms with Crippen molar-refractivity contribution in [1.29, 1.82) is 0 Å². The van der Waals surface area contributed by atoms with Crippen LogP contribution < -0.4 is 9.62 Å². The molecule has 180 valence electrons. The Hall–Kier alpha value is -2.58. The predicted octanol–water partition coefficient (Wildman–Crippen LogP) is 3.75. The smallest absolute Gasteiger partial charge is 0.244 e. The summed E-state index contributed by atoms with van der Waals surface area (Å²) in [5, 5.41) is 3.45. The molecule has 0 aliphatic rings. The summed E-state index contributed by atoms with van der Waals surface area (Å²) in [7, 11) is -3.74. The topological polar surface area (TPSA) is 86.8 Å². The number of hydrogen-bond acceptors (Lipinski definition) is 4. The van der Waals surface area contributed by atoms with Gasteiger partial charge in [0.25, 0.3) is 0 Å². The van der Waals surface area contributed by atoms with Gasteiger partial charge in [-0.1, -0.05) is 42.8 Å². The first kappa shape index (κ1) is 26.7. The van der Waals surface area contributed by atoms with Gasteiger partial charge in [-0.15, -0.1) is 0 Å². The Balaban J connectivity index is 2.37. The summed E-state index contributed by atoms with van der Waals surface area (Å²) in [5.74, 6) is -0.781. The van der Waals surface area contributed by atoms with Crippen LogP contribution in [0.5, 0.6) is 0 Å². The molecule has 0 fully saturated rings. The number of carbonyl (C=O) groups excluding carboxylic acids is 2. The van der Waals surface area contributed by atoms with Gasteiger partial charge in [0.1, 0.15) is 12.6 Å². The molecule has 0 aliphatic carbocycles. The molecule has 2 aromatic carbocycles. The Morgan fingerprint density at radius 2 is 1.73 bits per heavy atom. The van der Waals surface area contributed by atoms with E-state index in [1.807, 2.05) is 26.8 Å². The first-order valence-electron chi connectivity index (χ1n) is 10.8. The molecule has 2 atom stereocenters. The molecule has 0 heterocycles. The van der Waals surface area contributed by atoms with Crippen LogP contribution in [0, 0.1) is 6.92 Å². The zero-order valence-corrected chi connectivity index (χ0v) is 21.3. The predicted molar refractivity (Wildman–Crippen MR) is 133 cm³/mol. The highest BCUT2D eigenvalue weighted by atomic mass is 35.5. The van der Waals surface area contributed by atoms with E-state index in [2.05, 4.69) is 5.32 Å². The van der Waals surface area contributed by atoms with E-state index >= 15 is 0 Å². The third-order valence-electron chi connectivity index (χ3n) is 5.40. The number of sulfonamides is 1. The fraction of sp³-hybridized carbons (Fsp3) is 0.417. The number of nitrogens with zero attached hydrogens (tertiary/aromatic N) is 2. The number of nitrogens with one attached hydrogen (secondary N) is 1. The molecule has 9 heteroatoms. The van der Waals surface area contributed by atoms with E-state index in [1.54, 1.807) is 49.4 Å². The molecule has 0 radical (unpaired) electrons. The van der Waals surface area contributed by atoms with Crippen molar-refractivity contribution in [2.45, 2.75) is 52.7 Å². The van der Waals surface area contributed by atoms with Crippen molar-refractivity contribution in [3.63, 3.8) is 0 Å². The molecule has 0 unspecified atom stereocenters. The van der Waals surface area contributed by atoms with Gasteiger partial charge in [0, 0.05) is 17.6 Å². The van der Waals surface area contributed by atoms with Crippen LogP contribution in [0.3, 0.4) is 0 Å². The Bertz CT molecular complexity index is 1070. The Labute approximate surface area is 201 Å². The minimum atomic E-state index is -3.74. The Morgan fingerprint density at radius 1 is 1.09 bits per heavy atom. The first-order chi connectivity index (χ1) is 15.4. The number of halogens is 1. The lowest BCUT2D eigenvalue weighted by Gasteiger charge is -2.32. The van der Waals surface area contributed by atoms with Gasteiger partial charge in [0.05, 0.1) is 11.9 Å². The van der Waals surface area contributed by atoms with Gasteiger partial charge in [-0.3, -0.25) is 13.9 Å². The van der Waals surface area contributed by atoms with Crippen molar-refractivity contribution in [1.82, 2.24) is 10.2 Å². The van der Waals surface area contributed by atoms with Crippen LogP contribution >= 0.6 is 11.6 Å². The molecule has 0 saturated carbocycles. The number of amides is 2. The van der Waals surface area contributed by atoms with Crippen molar-refractivity contribution in [2.24, 2.45) is 0 Å². The van der Waals surface area contributed by atoms with E-state index in [1.165, 1.54) is 4.90 Å². The summed E-state index contributed by atoms with van der Waals surface area (Å²) < 4.78 is 26.2. The van der Waals surface area contributed by atoms with Crippen molar-refractivity contribution < 1.29 is 18.0 Å². The molecule has 0 aromatic heterocycles. The fourth-order valence-electron chi connectivity index (χ4n) is 3.23. The maximum atomic E-state index is 13.4. The van der Waals surface area contributed by atoms with Gasteiger partial charge in [0.15, 0.2) is 0 Å². The van der Waals surface area contributed by atoms with Gasteiger partial charge in [-0.25, -0.2) is 8.42 Å². The monoisotopic (exact) mass is 493 g/mol. The highest BCUT2D eigenvalue weighted by molar-refractivity contribution is 7.92. The lowest BCUT2D eigenvalue weighted by Crippen LogP contribution is -2.52. The summed E-state index contributed by atoms with van der Waals surface area (Å²) in [5.41, 5.74) is 2.04. The van der Waals surface area contributed by atoms with E-state index in [0.29, 0.717) is 10.7 Å². The van der Waals surface area contributed by atoms with E-state index in [0.717, 1.165) is 28.1 Å². The standard InChI is InChI=1S/C24H32ClN3O4S/c1-6-18(3)26-24(30)19(4)27(15-20-10-12-21(25)13-11-20)23(29)16-28(33(5,31)32)22-9-7-8-17(2)14-22/h7-14,18-19H,6,15-16H2,1-5H3,(H,26,30)/t18-,19-/m0/s1. The van der Waals surface area contributed by atoms with E-state index in [4.69, 9.17) is 11.6 Å². The molecule has 2 aromatic rings. The normalized spacial score (nSPS) is 13.2. The van der Waals surface area contributed by atoms with Gasteiger partial charge < -0.3 is 10.2 Å². The molecule has 0 saturated heterocycles. The number of aryl methyl sites for hydroxylation is 1. The number of carbonyl (C=O) groups is 2. The average Bonchev–Trinajstić information content (AvgIpc) is 2.75. The number of rotatable bonds is 10. The quantitative estimate of drug-likeness (QED) is 0.546. The van der Waals surface area contributed by atoms with Crippen LogP contribution in [0.1, 0.15) is 38.3 Å². The molecule has 33 heavy (non-hydrogen) atoms. The minimum absolute atomic E-state index is 0.0488. The van der Waals surface area contributed by atoms with E-state index < -0.39 is 28.5 Å². The maximum absolute atomic E-state index is 13.4. The second-order valence-electron chi connectivity index (χ2n) is 8.25. The average molecular weight is 494 g/mol. The van der Waals surface area contributed by atoms with Gasteiger partial charge in [-0.05, 0) is 62.6 Å². The van der Waals surface area contributed by atoms with Gasteiger partial charge in [0.2, 0.25) is 21.8 Å². The molecule has 2 rings (SSSR count). The van der Waals surface area contributed by atoms with Gasteiger partial charge >= 0.3 is 0 Å². The highest BCUT2D eigenvalue weighted by Crippen LogP contribution is 2.20. The van der Waals surface area contributed by atoms with Crippen molar-refractivity contribution >= 4 is 39.1 Å². The van der Waals surface area contributed by atoms with Crippen molar-refractivity contribution in [2.75, 3.05) is 17.1 Å². The van der Waals surface area contributed by atoms with Crippen molar-refractivity contribution in [3.05, 3.63) is 64.7 Å². The van der Waals surface area contributed by atoms with Crippen LogP contribution in [0.4, 0.5) is 5.69 Å². The van der Waals surface area contributed by atoms with Crippen molar-refractivity contribution in [3.8, 4) is 0 Å². The van der Waals surface area contributed by atoms with E-state index in [9.17, 15) is 18.0 Å². The van der Waals surface area contributed by atoms with Crippen LogP contribution in [0.15, 0.2) is 48.5 Å². The first-order valence-corrected chi connectivity index (χ1v) is 13.0. The summed E-state index contributed by atoms with van der Waals surface area (Å²) in [6.45, 7) is 7.05. The second kappa shape index (κ2) is 11.5. The summed E-state index contributed by atoms with van der Waals surface area (Å²) in [4.78, 5) is 27.7. The molecular formula is C24H32ClN3O4S. The zero-order chi connectivity index (χ0) is 24.8. The summed E-state index contributed by atoms with van der Waals surface area (Å²) >= 11 is 5.98. The SMILES string of the molecule is CC[C@H](C)NC(=O)[C@H](C)N(Cc1ccc(Cl)cc1)C(=O)CN(c1cccc(C)c1)S(C)(=O)=O. The third kappa shape index (κ3) is 7.75. The lowest BCUT2D eigenvalue weighted by molar-refractivity contribution is -0.139. The summed E-state index contributed by atoms with van der Waals surface area (Å²) in [6.07, 6.45) is 1.81. The number of benzene rings is 2. The largest absolute Gasteiger partial charge is 0.352 e. The highest BCUT2D eigenvalue weighted by Gasteiger charge is 2.30. The molecule has 0 bridgehead atoms. The van der Waals surface area contributed by atoms with Crippen LogP contribution in [0.2, 0.25) is 5.02 Å². The molecule has 2 amide bonds. The second-order valence-corrected chi connectivity index (χ2v) is 10.6. The molecule has 0 spiro atoms. The molecular weight excluding hydrogens is 462 g/mol. The molecule has 1 N–H and O–H groups in total. The van der Waals surface area contributed by atoms with Crippen LogP contribution in [0.25, 0.3) is 0 Å². The number of anilines is 1. The fourth-order valence-corrected chi connectivity index (χ4v) is 4.20. The van der Waals surface area contributed by atoms with E-state index in [-0.39, 0.29) is 18.5 Å². The number of hydrogen-bond donors (Lipinski definition) is 1. The molecule has 0 aliphatic heterocycles. The van der Waals surface area contributed by atoms with Crippen LogP contribution in [-0.2, 0) is 26.2 Å². The maximum Gasteiger partial charge on any atom is 0.244 e. The molecule has 7 nitrogen and oxygen atoms in total. The minimum Gasteiger partial charge on any atom is -0.352 e. The Kier molecular flexibility index (Phi) is 9.31. The van der Waals surface area contributed by atoms with Crippen LogP contribution in [-0.4, -0.2) is 50.0 Å². The van der Waals surface area contributed by atoms with Gasteiger partial charge in [-0.2, -0.15) is 0 Å². The Morgan fingerprint density at radius 3 is 2.27 bits per heavy atom.